The van der Waals surface area contributed by atoms with Crippen LogP contribution in [-0.2, 0) is 33.4 Å². The van der Waals surface area contributed by atoms with Gasteiger partial charge in [-0.3, -0.25) is 19.2 Å². The molecule has 34 heavy (non-hydrogen) atoms. The van der Waals surface area contributed by atoms with E-state index >= 15 is 0 Å². The predicted octanol–water partition coefficient (Wildman–Crippen LogP) is 1.53. The fourth-order valence-electron chi connectivity index (χ4n) is 3.45. The number of hydrogen-bond donors (Lipinski definition) is 3. The summed E-state index contributed by atoms with van der Waals surface area (Å²) in [6.07, 6.45) is -2.78. The van der Waals surface area contributed by atoms with Crippen LogP contribution in [0.5, 0.6) is 5.75 Å². The molecule has 2 rings (SSSR count). The van der Waals surface area contributed by atoms with Crippen LogP contribution in [0.3, 0.4) is 0 Å². The number of nitrogens with one attached hydrogen (secondary N) is 2. The summed E-state index contributed by atoms with van der Waals surface area (Å²) in [6, 6.07) is 2.67. The second kappa shape index (κ2) is 11.5. The van der Waals surface area contributed by atoms with E-state index in [4.69, 9.17) is 14.2 Å². The highest BCUT2D eigenvalue weighted by atomic mass is 16.6. The van der Waals surface area contributed by atoms with Crippen molar-refractivity contribution in [2.24, 2.45) is 11.8 Å². The summed E-state index contributed by atoms with van der Waals surface area (Å²) < 4.78 is 16.2. The van der Waals surface area contributed by atoms with Gasteiger partial charge in [-0.1, -0.05) is 19.9 Å². The second-order valence-corrected chi connectivity index (χ2v) is 8.54. The second-order valence-electron chi connectivity index (χ2n) is 8.54. The minimum Gasteiger partial charge on any atom is -0.505 e. The van der Waals surface area contributed by atoms with E-state index in [0.717, 1.165) is 0 Å². The van der Waals surface area contributed by atoms with Crippen molar-refractivity contribution in [3.8, 4) is 5.75 Å². The van der Waals surface area contributed by atoms with Gasteiger partial charge in [0.15, 0.2) is 17.9 Å². The quantitative estimate of drug-likeness (QED) is 0.229. The molecule has 1 saturated heterocycles. The highest BCUT2D eigenvalue weighted by molar-refractivity contribution is 6.01. The first kappa shape index (κ1) is 26.6. The van der Waals surface area contributed by atoms with Gasteiger partial charge in [0.05, 0.1) is 17.2 Å². The monoisotopic (exact) mass is 478 g/mol. The maximum atomic E-state index is 12.9. The van der Waals surface area contributed by atoms with Crippen molar-refractivity contribution in [2.45, 2.75) is 65.4 Å². The zero-order chi connectivity index (χ0) is 25.6. The van der Waals surface area contributed by atoms with Crippen molar-refractivity contribution < 1.29 is 43.3 Å². The number of phenolic OH excluding ortho intramolecular Hbond substituents is 1. The van der Waals surface area contributed by atoms with E-state index in [0.29, 0.717) is 6.41 Å². The Balaban J connectivity index is 2.26. The van der Waals surface area contributed by atoms with Gasteiger partial charge in [0.25, 0.3) is 5.91 Å². The van der Waals surface area contributed by atoms with E-state index < -0.39 is 59.8 Å². The van der Waals surface area contributed by atoms with Gasteiger partial charge < -0.3 is 30.0 Å². The molecule has 0 spiro atoms. The maximum absolute atomic E-state index is 12.9. The summed E-state index contributed by atoms with van der Waals surface area (Å²) in [5, 5.41) is 14.9. The number of cyclic esters (lactones) is 2. The van der Waals surface area contributed by atoms with Gasteiger partial charge in [0, 0.05) is 6.42 Å². The van der Waals surface area contributed by atoms with Gasteiger partial charge in [-0.25, -0.2) is 4.79 Å². The molecule has 3 N–H and O–H groups in total. The molecular weight excluding hydrogens is 448 g/mol. The molecule has 5 unspecified atom stereocenters. The van der Waals surface area contributed by atoms with Crippen LogP contribution in [0.1, 0.15) is 51.4 Å². The maximum Gasteiger partial charge on any atom is 0.332 e. The highest BCUT2D eigenvalue weighted by Crippen LogP contribution is 2.27. The zero-order valence-corrected chi connectivity index (χ0v) is 19.7. The number of ether oxygens (including phenoxy) is 3. The summed E-state index contributed by atoms with van der Waals surface area (Å²) in [7, 11) is 0. The third kappa shape index (κ3) is 6.46. The fourth-order valence-corrected chi connectivity index (χ4v) is 3.45. The molecule has 1 aromatic carbocycles. The normalized spacial score (nSPS) is 25.2. The molecule has 1 aromatic rings. The van der Waals surface area contributed by atoms with E-state index in [1.807, 2.05) is 13.8 Å². The fraction of sp³-hybridized carbons (Fsp3) is 0.522. The van der Waals surface area contributed by atoms with Crippen molar-refractivity contribution in [1.82, 2.24) is 5.32 Å². The SMILES string of the molecule is CC(C)CC(=O)OC1C(C)OC(=O)C(NC(=O)c2cccc(NC=O)c2O)C(C)OC(=O)C1C. The Morgan fingerprint density at radius 1 is 1.12 bits per heavy atom. The summed E-state index contributed by atoms with van der Waals surface area (Å²) in [6.45, 7) is 8.04. The Labute approximate surface area is 197 Å². The lowest BCUT2D eigenvalue weighted by Gasteiger charge is -2.27. The van der Waals surface area contributed by atoms with Crippen LogP contribution in [0, 0.1) is 11.8 Å². The first-order valence-electron chi connectivity index (χ1n) is 10.9. The molecule has 1 aliphatic heterocycles. The van der Waals surface area contributed by atoms with Crippen LogP contribution in [0.15, 0.2) is 18.2 Å². The third-order valence-corrected chi connectivity index (χ3v) is 5.28. The number of carbonyl (C=O) groups is 5. The number of anilines is 1. The molecule has 186 valence electrons. The van der Waals surface area contributed by atoms with Gasteiger partial charge >= 0.3 is 17.9 Å². The van der Waals surface area contributed by atoms with Gasteiger partial charge in [0.2, 0.25) is 6.41 Å². The molecule has 0 radical (unpaired) electrons. The third-order valence-electron chi connectivity index (χ3n) is 5.28. The minimum atomic E-state index is -1.42. The highest BCUT2D eigenvalue weighted by Gasteiger charge is 2.42. The number of hydrogen-bond acceptors (Lipinski definition) is 9. The van der Waals surface area contributed by atoms with Crippen LogP contribution < -0.4 is 10.6 Å². The molecule has 1 heterocycles. The van der Waals surface area contributed by atoms with Crippen LogP contribution in [0.25, 0.3) is 0 Å². The van der Waals surface area contributed by atoms with E-state index in [2.05, 4.69) is 10.6 Å². The molecule has 1 fully saturated rings. The summed E-state index contributed by atoms with van der Waals surface area (Å²) >= 11 is 0. The van der Waals surface area contributed by atoms with E-state index in [9.17, 15) is 29.1 Å². The summed E-state index contributed by atoms with van der Waals surface area (Å²) in [5.41, 5.74) is -0.229. The Morgan fingerprint density at radius 2 is 1.76 bits per heavy atom. The van der Waals surface area contributed by atoms with Crippen molar-refractivity contribution in [3.63, 3.8) is 0 Å². The van der Waals surface area contributed by atoms with Crippen LogP contribution in [-0.4, -0.2) is 59.7 Å². The van der Waals surface area contributed by atoms with Gasteiger partial charge in [-0.2, -0.15) is 0 Å². The summed E-state index contributed by atoms with van der Waals surface area (Å²) in [4.78, 5) is 61.3. The lowest BCUT2D eigenvalue weighted by Crippen LogP contribution is -2.50. The molecule has 11 heteroatoms. The number of aromatic hydroxyl groups is 1. The van der Waals surface area contributed by atoms with Crippen LogP contribution in [0.2, 0.25) is 0 Å². The van der Waals surface area contributed by atoms with Gasteiger partial charge in [0.1, 0.15) is 12.2 Å². The summed E-state index contributed by atoms with van der Waals surface area (Å²) in [5.74, 6) is -4.48. The molecular formula is C23H30N2O9. The van der Waals surface area contributed by atoms with E-state index in [1.165, 1.54) is 39.0 Å². The zero-order valence-electron chi connectivity index (χ0n) is 19.7. The Hall–Kier alpha value is -3.63. The number of esters is 3. The Kier molecular flexibility index (Phi) is 8.99. The molecule has 0 aliphatic carbocycles. The molecule has 1 aliphatic rings. The van der Waals surface area contributed by atoms with Gasteiger partial charge in [-0.05, 0) is 38.8 Å². The van der Waals surface area contributed by atoms with E-state index in [-0.39, 0.29) is 23.6 Å². The lowest BCUT2D eigenvalue weighted by molar-refractivity contribution is -0.174. The number of benzene rings is 1. The molecule has 5 atom stereocenters. The molecule has 2 amide bonds. The first-order chi connectivity index (χ1) is 16.0. The molecule has 0 saturated carbocycles. The average molecular weight is 478 g/mol. The number of rotatable bonds is 7. The Bertz CT molecular complexity index is 946. The van der Waals surface area contributed by atoms with Crippen LogP contribution >= 0.6 is 0 Å². The number of para-hydroxylation sites is 1. The van der Waals surface area contributed by atoms with E-state index in [1.54, 1.807) is 0 Å². The minimum absolute atomic E-state index is 0.00679. The van der Waals surface area contributed by atoms with Crippen molar-refractivity contribution in [3.05, 3.63) is 23.8 Å². The lowest BCUT2D eigenvalue weighted by atomic mass is 10.00. The molecule has 0 bridgehead atoms. The standard InChI is InChI=1S/C23H30N2O9/c1-11(2)9-17(27)34-20-12(3)22(30)32-13(4)18(23(31)33-14(20)5)25-21(29)15-7-6-8-16(19(15)28)24-10-26/h6-8,10-14,18,20,28H,9H2,1-5H3,(H,24,26)(H,25,29). The van der Waals surface area contributed by atoms with Gasteiger partial charge in [-0.15, -0.1) is 0 Å². The van der Waals surface area contributed by atoms with Crippen molar-refractivity contribution in [1.29, 1.82) is 0 Å². The van der Waals surface area contributed by atoms with Crippen molar-refractivity contribution in [2.75, 3.05) is 5.32 Å². The topological polar surface area (TPSA) is 157 Å². The number of carbonyl (C=O) groups excluding carboxylic acids is 5. The largest absolute Gasteiger partial charge is 0.505 e. The van der Waals surface area contributed by atoms with Crippen molar-refractivity contribution >= 4 is 35.9 Å². The van der Waals surface area contributed by atoms with Crippen LogP contribution in [0.4, 0.5) is 5.69 Å². The molecule has 0 aromatic heterocycles. The predicted molar refractivity (Wildman–Crippen MR) is 119 cm³/mol. The number of amides is 2. The number of phenols is 1. The molecule has 11 nitrogen and oxygen atoms in total. The Morgan fingerprint density at radius 3 is 2.38 bits per heavy atom. The average Bonchev–Trinajstić information content (AvgIpc) is 2.77. The smallest absolute Gasteiger partial charge is 0.332 e. The first-order valence-corrected chi connectivity index (χ1v) is 10.9.